The maximum absolute atomic E-state index is 13.7. The smallest absolute Gasteiger partial charge is 0.407 e. The van der Waals surface area contributed by atoms with Crippen molar-refractivity contribution in [3.8, 4) is 11.6 Å². The Balaban J connectivity index is 1.28. The molecule has 0 unspecified atom stereocenters. The van der Waals surface area contributed by atoms with Gasteiger partial charge in [-0.1, -0.05) is 18.2 Å². The van der Waals surface area contributed by atoms with Crippen LogP contribution in [0.4, 0.5) is 4.79 Å². The summed E-state index contributed by atoms with van der Waals surface area (Å²) in [7, 11) is 0. The van der Waals surface area contributed by atoms with Crippen LogP contribution in [0.25, 0.3) is 5.69 Å². The lowest BCUT2D eigenvalue weighted by atomic mass is 9.93. The van der Waals surface area contributed by atoms with Gasteiger partial charge in [0.25, 0.3) is 11.8 Å². The minimum absolute atomic E-state index is 0.0447. The van der Waals surface area contributed by atoms with Crippen molar-refractivity contribution in [1.29, 1.82) is 0 Å². The van der Waals surface area contributed by atoms with Gasteiger partial charge >= 0.3 is 12.1 Å². The summed E-state index contributed by atoms with van der Waals surface area (Å²) >= 11 is 0. The molecule has 17 nitrogen and oxygen atoms in total. The molecule has 1 saturated carbocycles. The number of benzene rings is 1. The maximum atomic E-state index is 13.7. The van der Waals surface area contributed by atoms with Crippen LogP contribution in [0.2, 0.25) is 0 Å². The number of likely N-dealkylation sites (tertiary alicyclic amines) is 1. The molecule has 1 aliphatic carbocycles. The first-order valence-corrected chi connectivity index (χ1v) is 17.8. The van der Waals surface area contributed by atoms with Gasteiger partial charge in [0.2, 0.25) is 17.7 Å². The van der Waals surface area contributed by atoms with Crippen molar-refractivity contribution in [3.05, 3.63) is 42.1 Å². The Morgan fingerprint density at radius 1 is 0.942 bits per heavy atom. The van der Waals surface area contributed by atoms with E-state index in [0.29, 0.717) is 31.7 Å². The third-order valence-electron chi connectivity index (χ3n) is 9.38. The third kappa shape index (κ3) is 9.98. The summed E-state index contributed by atoms with van der Waals surface area (Å²) in [5.41, 5.74) is 0.430. The Morgan fingerprint density at radius 3 is 2.35 bits per heavy atom. The SMILES string of the molecule is CCOCCOC(=O)CC[C@H](NC(=O)c1cc(OCC(=O)N2CCC[C@H]2C(=O)NC2CCC2)n(-c2ccccc2)n1)C(=O)N1CCN(C(=O)O)CC1. The molecule has 0 spiro atoms. The largest absolute Gasteiger partial charge is 0.467 e. The lowest BCUT2D eigenvalue weighted by molar-refractivity contribution is -0.145. The molecule has 3 fully saturated rings. The molecule has 5 amide bonds. The van der Waals surface area contributed by atoms with E-state index in [1.165, 1.54) is 25.4 Å². The third-order valence-corrected chi connectivity index (χ3v) is 9.38. The molecule has 5 rings (SSSR count). The zero-order valence-corrected chi connectivity index (χ0v) is 29.4. The van der Waals surface area contributed by atoms with Gasteiger partial charge in [0.05, 0.1) is 12.3 Å². The molecule has 3 aliphatic rings. The van der Waals surface area contributed by atoms with Gasteiger partial charge in [-0.15, -0.1) is 0 Å². The number of carboxylic acid groups (broad SMARTS) is 1. The van der Waals surface area contributed by atoms with Crippen LogP contribution in [0.1, 0.15) is 62.4 Å². The normalized spacial score (nSPS) is 17.9. The van der Waals surface area contributed by atoms with Crippen molar-refractivity contribution in [3.63, 3.8) is 0 Å². The van der Waals surface area contributed by atoms with Gasteiger partial charge in [-0.3, -0.25) is 24.0 Å². The summed E-state index contributed by atoms with van der Waals surface area (Å²) in [6, 6.07) is 8.62. The van der Waals surface area contributed by atoms with Gasteiger partial charge in [-0.2, -0.15) is 5.10 Å². The summed E-state index contributed by atoms with van der Waals surface area (Å²) < 4.78 is 17.7. The van der Waals surface area contributed by atoms with Crippen LogP contribution in [0.15, 0.2) is 36.4 Å². The molecule has 1 aromatic carbocycles. The predicted octanol–water partition coefficient (Wildman–Crippen LogP) is 1.19. The van der Waals surface area contributed by atoms with Crippen LogP contribution < -0.4 is 15.4 Å². The molecule has 52 heavy (non-hydrogen) atoms. The molecule has 2 atom stereocenters. The molecule has 1 aromatic heterocycles. The van der Waals surface area contributed by atoms with Gasteiger partial charge in [0, 0.05) is 57.9 Å². The number of piperazine rings is 1. The topological polar surface area (TPSA) is 202 Å². The van der Waals surface area contributed by atoms with Crippen LogP contribution in [-0.2, 0) is 28.7 Å². The van der Waals surface area contributed by atoms with Crippen molar-refractivity contribution < 1.29 is 48.1 Å². The molecule has 3 heterocycles. The van der Waals surface area contributed by atoms with E-state index >= 15 is 0 Å². The fraction of sp³-hybridized carbons (Fsp3) is 0.571. The molecule has 0 bridgehead atoms. The highest BCUT2D eigenvalue weighted by Gasteiger charge is 2.36. The monoisotopic (exact) mass is 725 g/mol. The van der Waals surface area contributed by atoms with Gasteiger partial charge < -0.3 is 44.7 Å². The number of carbonyl (C=O) groups excluding carboxylic acids is 5. The number of para-hydroxylation sites is 1. The van der Waals surface area contributed by atoms with Crippen LogP contribution in [0.5, 0.6) is 5.88 Å². The van der Waals surface area contributed by atoms with E-state index in [9.17, 15) is 33.9 Å². The van der Waals surface area contributed by atoms with E-state index in [1.54, 1.807) is 30.3 Å². The molecule has 17 heteroatoms. The zero-order chi connectivity index (χ0) is 37.0. The Labute approximate surface area is 301 Å². The number of ether oxygens (including phenoxy) is 3. The van der Waals surface area contributed by atoms with E-state index in [1.807, 2.05) is 6.92 Å². The molecular weight excluding hydrogens is 678 g/mol. The lowest BCUT2D eigenvalue weighted by Crippen LogP contribution is -2.55. The van der Waals surface area contributed by atoms with E-state index in [4.69, 9.17) is 14.2 Å². The Morgan fingerprint density at radius 2 is 1.67 bits per heavy atom. The number of rotatable bonds is 16. The number of amides is 5. The highest BCUT2D eigenvalue weighted by Crippen LogP contribution is 2.24. The predicted molar refractivity (Wildman–Crippen MR) is 184 cm³/mol. The molecule has 2 saturated heterocycles. The summed E-state index contributed by atoms with van der Waals surface area (Å²) in [4.78, 5) is 81.6. The second-order valence-electron chi connectivity index (χ2n) is 12.9. The Kier molecular flexibility index (Phi) is 13.4. The van der Waals surface area contributed by atoms with Crippen molar-refractivity contribution in [2.45, 2.75) is 70.0 Å². The summed E-state index contributed by atoms with van der Waals surface area (Å²) in [5, 5.41) is 19.5. The van der Waals surface area contributed by atoms with Crippen LogP contribution in [0.3, 0.4) is 0 Å². The minimum atomic E-state index is -1.16. The van der Waals surface area contributed by atoms with Crippen molar-refractivity contribution in [1.82, 2.24) is 35.1 Å². The summed E-state index contributed by atoms with van der Waals surface area (Å²) in [6.07, 6.45) is 2.87. The highest BCUT2D eigenvalue weighted by atomic mass is 16.6. The standard InChI is InChI=1S/C35H47N7O10/c1-2-50-20-21-51-31(44)14-13-26(34(47)39-16-18-40(19-17-39)35(48)49)37-32(45)27-22-30(42(38-27)25-10-4-3-5-11-25)52-23-29(43)41-15-7-12-28(41)33(46)36-24-8-6-9-24/h3-5,10-11,22,24,26,28H,2,6-9,12-21,23H2,1H3,(H,36,46)(H,37,45)(H,48,49)/t26-,28-/m0/s1. The first kappa shape index (κ1) is 38.1. The molecule has 3 N–H and O–H groups in total. The van der Waals surface area contributed by atoms with Crippen molar-refractivity contribution in [2.24, 2.45) is 0 Å². The van der Waals surface area contributed by atoms with Crippen LogP contribution in [-0.4, -0.2) is 143 Å². The number of aromatic nitrogens is 2. The number of nitrogens with zero attached hydrogens (tertiary/aromatic N) is 5. The fourth-order valence-electron chi connectivity index (χ4n) is 6.26. The number of carbonyl (C=O) groups is 6. The number of hydrogen-bond acceptors (Lipinski definition) is 10. The maximum Gasteiger partial charge on any atom is 0.407 e. The molecule has 2 aliphatic heterocycles. The van der Waals surface area contributed by atoms with Crippen molar-refractivity contribution >= 4 is 35.7 Å². The second-order valence-corrected chi connectivity index (χ2v) is 12.9. The first-order valence-electron chi connectivity index (χ1n) is 17.8. The average Bonchev–Trinajstić information content (AvgIpc) is 3.81. The van der Waals surface area contributed by atoms with Gasteiger partial charge in [0.15, 0.2) is 12.3 Å². The van der Waals surface area contributed by atoms with Gasteiger partial charge in [0.1, 0.15) is 18.7 Å². The fourth-order valence-corrected chi connectivity index (χ4v) is 6.26. The first-order chi connectivity index (χ1) is 25.1. The molecule has 282 valence electrons. The Bertz CT molecular complexity index is 1570. The van der Waals surface area contributed by atoms with Crippen LogP contribution in [0, 0.1) is 0 Å². The lowest BCUT2D eigenvalue weighted by Gasteiger charge is -2.35. The highest BCUT2D eigenvalue weighted by molar-refractivity contribution is 5.96. The van der Waals surface area contributed by atoms with E-state index < -0.39 is 42.6 Å². The van der Waals surface area contributed by atoms with E-state index in [-0.39, 0.29) is 81.7 Å². The summed E-state index contributed by atoms with van der Waals surface area (Å²) in [6.45, 7) is 3.02. The average molecular weight is 726 g/mol. The number of esters is 1. The number of hydrogen-bond donors (Lipinski definition) is 3. The van der Waals surface area contributed by atoms with Crippen molar-refractivity contribution in [2.75, 3.05) is 59.2 Å². The minimum Gasteiger partial charge on any atom is -0.467 e. The summed E-state index contributed by atoms with van der Waals surface area (Å²) in [5.74, 6) is -2.23. The van der Waals surface area contributed by atoms with Gasteiger partial charge in [-0.05, 0) is 57.6 Å². The van der Waals surface area contributed by atoms with E-state index in [0.717, 1.165) is 19.3 Å². The molecule has 2 aromatic rings. The molecule has 0 radical (unpaired) electrons. The van der Waals surface area contributed by atoms with E-state index in [2.05, 4.69) is 15.7 Å². The molecular formula is C35H47N7O10. The van der Waals surface area contributed by atoms with Crippen LogP contribution >= 0.6 is 0 Å². The van der Waals surface area contributed by atoms with Gasteiger partial charge in [-0.25, -0.2) is 9.48 Å². The quantitative estimate of drug-likeness (QED) is 0.166. The number of nitrogens with one attached hydrogen (secondary N) is 2. The second kappa shape index (κ2) is 18.3. The Hall–Kier alpha value is -5.19. The zero-order valence-electron chi connectivity index (χ0n) is 29.4.